The van der Waals surface area contributed by atoms with Crippen molar-refractivity contribution in [3.8, 4) is 0 Å². The fourth-order valence-corrected chi connectivity index (χ4v) is 1.98. The zero-order valence-electron chi connectivity index (χ0n) is 5.79. The third kappa shape index (κ3) is 1.39. The summed E-state index contributed by atoms with van der Waals surface area (Å²) in [6, 6.07) is 0.468. The summed E-state index contributed by atoms with van der Waals surface area (Å²) in [5, 5.41) is 1.35. The molecule has 1 heterocycles. The summed E-state index contributed by atoms with van der Waals surface area (Å²) in [5.41, 5.74) is 5.50. The van der Waals surface area contributed by atoms with Gasteiger partial charge in [-0.05, 0) is 6.42 Å². The molecule has 0 unspecified atom stereocenters. The summed E-state index contributed by atoms with van der Waals surface area (Å²) < 4.78 is 0. The highest BCUT2D eigenvalue weighted by molar-refractivity contribution is 8.14. The highest BCUT2D eigenvalue weighted by atomic mass is 32.2. The van der Waals surface area contributed by atoms with Gasteiger partial charge in [0.15, 0.2) is 5.17 Å². The van der Waals surface area contributed by atoms with Gasteiger partial charge in [-0.3, -0.25) is 4.99 Å². The summed E-state index contributed by atoms with van der Waals surface area (Å²) in [6.45, 7) is 4.31. The largest absolute Gasteiger partial charge is 0.379 e. The second-order valence-corrected chi connectivity index (χ2v) is 3.66. The normalized spacial score (nSPS) is 34.7. The summed E-state index contributed by atoms with van der Waals surface area (Å²) in [7, 11) is 0. The van der Waals surface area contributed by atoms with E-state index in [1.54, 1.807) is 11.8 Å². The molecule has 0 spiro atoms. The first-order chi connectivity index (χ1) is 4.24. The van der Waals surface area contributed by atoms with E-state index in [2.05, 4.69) is 18.8 Å². The third-order valence-electron chi connectivity index (χ3n) is 1.56. The van der Waals surface area contributed by atoms with E-state index in [9.17, 15) is 0 Å². The molecule has 0 aliphatic carbocycles. The smallest absolute Gasteiger partial charge is 0.154 e. The Hall–Kier alpha value is -0.180. The van der Waals surface area contributed by atoms with Crippen LogP contribution in [0.2, 0.25) is 0 Å². The van der Waals surface area contributed by atoms with Gasteiger partial charge in [-0.2, -0.15) is 0 Å². The molecule has 1 aliphatic rings. The van der Waals surface area contributed by atoms with E-state index in [1.165, 1.54) is 0 Å². The van der Waals surface area contributed by atoms with Gasteiger partial charge in [-0.1, -0.05) is 25.6 Å². The maximum atomic E-state index is 5.50. The number of hydrogen-bond donors (Lipinski definition) is 1. The Bertz CT molecular complexity index is 133. The molecule has 1 rings (SSSR count). The van der Waals surface area contributed by atoms with E-state index < -0.39 is 0 Å². The van der Waals surface area contributed by atoms with Gasteiger partial charge in [0.1, 0.15) is 0 Å². The first kappa shape index (κ1) is 6.93. The molecule has 0 amide bonds. The van der Waals surface area contributed by atoms with Crippen LogP contribution in [0.3, 0.4) is 0 Å². The van der Waals surface area contributed by atoms with E-state index in [0.717, 1.165) is 11.6 Å². The maximum Gasteiger partial charge on any atom is 0.154 e. The lowest BCUT2D eigenvalue weighted by Gasteiger charge is -2.06. The van der Waals surface area contributed by atoms with Crippen LogP contribution >= 0.6 is 11.8 Å². The Morgan fingerprint density at radius 1 is 1.78 bits per heavy atom. The zero-order valence-corrected chi connectivity index (χ0v) is 6.61. The number of rotatable bonds is 1. The van der Waals surface area contributed by atoms with Gasteiger partial charge in [0, 0.05) is 5.25 Å². The van der Waals surface area contributed by atoms with Crippen LogP contribution in [-0.4, -0.2) is 16.5 Å². The van der Waals surface area contributed by atoms with Crippen LogP contribution in [0.25, 0.3) is 0 Å². The van der Waals surface area contributed by atoms with Gasteiger partial charge in [0.2, 0.25) is 0 Å². The molecule has 0 aromatic rings. The Balaban J connectivity index is 2.53. The van der Waals surface area contributed by atoms with E-state index in [4.69, 9.17) is 5.73 Å². The average Bonchev–Trinajstić information content (AvgIpc) is 2.10. The van der Waals surface area contributed by atoms with Crippen molar-refractivity contribution >= 4 is 16.9 Å². The fourth-order valence-electron chi connectivity index (χ4n) is 0.991. The molecule has 2 nitrogen and oxygen atoms in total. The molecule has 0 saturated carbocycles. The molecule has 0 saturated heterocycles. The minimum atomic E-state index is 0.468. The topological polar surface area (TPSA) is 38.4 Å². The molecule has 0 fully saturated rings. The molecule has 2 N–H and O–H groups in total. The summed E-state index contributed by atoms with van der Waals surface area (Å²) >= 11 is 1.68. The summed E-state index contributed by atoms with van der Waals surface area (Å²) in [5.74, 6) is 0. The van der Waals surface area contributed by atoms with Gasteiger partial charge < -0.3 is 5.73 Å². The highest BCUT2D eigenvalue weighted by Gasteiger charge is 2.22. The second kappa shape index (κ2) is 2.60. The minimum Gasteiger partial charge on any atom is -0.379 e. The van der Waals surface area contributed by atoms with Gasteiger partial charge >= 0.3 is 0 Å². The molecule has 1 aliphatic heterocycles. The van der Waals surface area contributed by atoms with Crippen LogP contribution in [0, 0.1) is 0 Å². The molecule has 9 heavy (non-hydrogen) atoms. The quantitative estimate of drug-likeness (QED) is 0.601. The molecule has 0 aromatic carbocycles. The lowest BCUT2D eigenvalue weighted by molar-refractivity contribution is 0.656. The molecule has 2 atom stereocenters. The predicted molar refractivity (Wildman–Crippen MR) is 42.8 cm³/mol. The predicted octanol–water partition coefficient (Wildman–Crippen LogP) is 1.22. The number of nitrogens with zero attached hydrogens (tertiary/aromatic N) is 1. The summed E-state index contributed by atoms with van der Waals surface area (Å²) in [4.78, 5) is 4.25. The van der Waals surface area contributed by atoms with Crippen LogP contribution < -0.4 is 5.73 Å². The molecular formula is C6H12N2S. The highest BCUT2D eigenvalue weighted by Crippen LogP contribution is 2.25. The number of hydrogen-bond acceptors (Lipinski definition) is 3. The lowest BCUT2D eigenvalue weighted by Crippen LogP contribution is -2.11. The van der Waals surface area contributed by atoms with Crippen molar-refractivity contribution in [2.45, 2.75) is 31.6 Å². The molecule has 3 heteroatoms. The summed E-state index contributed by atoms with van der Waals surface area (Å²) in [6.07, 6.45) is 1.11. The first-order valence-corrected chi connectivity index (χ1v) is 4.12. The van der Waals surface area contributed by atoms with E-state index in [-0.39, 0.29) is 0 Å². The van der Waals surface area contributed by atoms with Crippen molar-refractivity contribution in [1.29, 1.82) is 0 Å². The number of aliphatic imine (C=N–C) groups is 1. The van der Waals surface area contributed by atoms with Crippen LogP contribution in [0.1, 0.15) is 20.3 Å². The van der Waals surface area contributed by atoms with Crippen molar-refractivity contribution in [3.63, 3.8) is 0 Å². The Morgan fingerprint density at radius 2 is 2.44 bits per heavy atom. The van der Waals surface area contributed by atoms with E-state index >= 15 is 0 Å². The van der Waals surface area contributed by atoms with Crippen LogP contribution in [0.5, 0.6) is 0 Å². The molecule has 0 bridgehead atoms. The van der Waals surface area contributed by atoms with Gasteiger partial charge in [-0.25, -0.2) is 0 Å². The standard InChI is InChI=1S/C6H12N2S/c1-3-5-4(2)9-6(7)8-5/h4-5H,3H2,1-2H3,(H2,7,8)/t4-,5-/m1/s1. The SMILES string of the molecule is CC[C@H]1N=C(N)S[C@@H]1C. The van der Waals surface area contributed by atoms with E-state index in [1.807, 2.05) is 0 Å². The van der Waals surface area contributed by atoms with Crippen LogP contribution in [0.4, 0.5) is 0 Å². The monoisotopic (exact) mass is 144 g/mol. The van der Waals surface area contributed by atoms with Gasteiger partial charge in [0.05, 0.1) is 6.04 Å². The van der Waals surface area contributed by atoms with Crippen molar-refractivity contribution in [1.82, 2.24) is 0 Å². The van der Waals surface area contributed by atoms with Gasteiger partial charge in [-0.15, -0.1) is 0 Å². The Kier molecular flexibility index (Phi) is 2.01. The molecule has 0 radical (unpaired) electrons. The lowest BCUT2D eigenvalue weighted by atomic mass is 10.2. The van der Waals surface area contributed by atoms with Crippen molar-refractivity contribution in [2.24, 2.45) is 10.7 Å². The maximum absolute atomic E-state index is 5.50. The Labute approximate surface area is 59.9 Å². The van der Waals surface area contributed by atoms with Crippen LogP contribution in [0.15, 0.2) is 4.99 Å². The van der Waals surface area contributed by atoms with Gasteiger partial charge in [0.25, 0.3) is 0 Å². The van der Waals surface area contributed by atoms with Crippen molar-refractivity contribution in [2.75, 3.05) is 0 Å². The molecule has 0 aromatic heterocycles. The Morgan fingerprint density at radius 3 is 2.67 bits per heavy atom. The minimum absolute atomic E-state index is 0.468. The second-order valence-electron chi connectivity index (χ2n) is 2.27. The third-order valence-corrected chi connectivity index (χ3v) is 2.59. The number of thioether (sulfide) groups is 1. The number of amidine groups is 1. The zero-order chi connectivity index (χ0) is 6.85. The fraction of sp³-hybridized carbons (Fsp3) is 0.833. The van der Waals surface area contributed by atoms with Crippen molar-refractivity contribution < 1.29 is 0 Å². The number of nitrogens with two attached hydrogens (primary N) is 1. The van der Waals surface area contributed by atoms with E-state index in [0.29, 0.717) is 11.3 Å². The van der Waals surface area contributed by atoms with Crippen molar-refractivity contribution in [3.05, 3.63) is 0 Å². The first-order valence-electron chi connectivity index (χ1n) is 3.24. The average molecular weight is 144 g/mol. The molecular weight excluding hydrogens is 132 g/mol. The van der Waals surface area contributed by atoms with Crippen LogP contribution in [-0.2, 0) is 0 Å². The molecule has 52 valence electrons.